The second-order valence-corrected chi connectivity index (χ2v) is 4.79. The van der Waals surface area contributed by atoms with Gasteiger partial charge in [-0.25, -0.2) is 14.0 Å². The molecule has 0 radical (unpaired) electrons. The van der Waals surface area contributed by atoms with E-state index in [2.05, 4.69) is 11.9 Å². The predicted octanol–water partition coefficient (Wildman–Crippen LogP) is 2.53. The van der Waals surface area contributed by atoms with Crippen LogP contribution in [0.3, 0.4) is 0 Å². The fourth-order valence-electron chi connectivity index (χ4n) is 2.45. The largest absolute Gasteiger partial charge is 0.466 e. The van der Waals surface area contributed by atoms with Gasteiger partial charge in [0.2, 0.25) is 0 Å². The standard InChI is InChI=1S/C16H17FN2O3/c1-4-9-19-10(2)13(15(20)22-3)14(18-16(19)21)11-7-5-6-8-12(11)17/h4-8,14H,1,9H2,2-3H3,(H,18,21). The van der Waals surface area contributed by atoms with Crippen LogP contribution in [0.4, 0.5) is 9.18 Å². The molecule has 0 bridgehead atoms. The summed E-state index contributed by atoms with van der Waals surface area (Å²) in [4.78, 5) is 25.7. The number of methoxy groups -OCH3 is 1. The maximum Gasteiger partial charge on any atom is 0.337 e. The average molecular weight is 304 g/mol. The van der Waals surface area contributed by atoms with Crippen LogP contribution >= 0.6 is 0 Å². The zero-order valence-electron chi connectivity index (χ0n) is 12.4. The molecule has 6 heteroatoms. The van der Waals surface area contributed by atoms with E-state index in [1.807, 2.05) is 0 Å². The number of nitrogens with one attached hydrogen (secondary N) is 1. The summed E-state index contributed by atoms with van der Waals surface area (Å²) < 4.78 is 18.8. The van der Waals surface area contributed by atoms with Crippen molar-refractivity contribution in [2.24, 2.45) is 0 Å². The van der Waals surface area contributed by atoms with Crippen molar-refractivity contribution >= 4 is 12.0 Å². The van der Waals surface area contributed by atoms with Gasteiger partial charge in [0.15, 0.2) is 0 Å². The van der Waals surface area contributed by atoms with Gasteiger partial charge in [0, 0.05) is 17.8 Å². The van der Waals surface area contributed by atoms with Gasteiger partial charge in [0.05, 0.1) is 18.7 Å². The van der Waals surface area contributed by atoms with Crippen molar-refractivity contribution in [1.82, 2.24) is 10.2 Å². The topological polar surface area (TPSA) is 58.6 Å². The minimum absolute atomic E-state index is 0.203. The second kappa shape index (κ2) is 6.43. The molecule has 0 spiro atoms. The smallest absolute Gasteiger partial charge is 0.337 e. The van der Waals surface area contributed by atoms with Crippen LogP contribution in [-0.4, -0.2) is 30.6 Å². The summed E-state index contributed by atoms with van der Waals surface area (Å²) in [6, 6.07) is 4.69. The fourth-order valence-corrected chi connectivity index (χ4v) is 2.45. The number of carbonyl (C=O) groups excluding carboxylic acids is 2. The van der Waals surface area contributed by atoms with E-state index in [1.54, 1.807) is 25.1 Å². The Labute approximate surface area is 128 Å². The maximum absolute atomic E-state index is 14.1. The number of esters is 1. The number of urea groups is 1. The van der Waals surface area contributed by atoms with Crippen LogP contribution in [0.15, 0.2) is 48.2 Å². The van der Waals surface area contributed by atoms with Crippen molar-refractivity contribution < 1.29 is 18.7 Å². The number of benzene rings is 1. The van der Waals surface area contributed by atoms with E-state index >= 15 is 0 Å². The van der Waals surface area contributed by atoms with Gasteiger partial charge in [-0.05, 0) is 13.0 Å². The third-order valence-electron chi connectivity index (χ3n) is 3.53. The summed E-state index contributed by atoms with van der Waals surface area (Å²) in [6.45, 7) is 5.45. The first kappa shape index (κ1) is 15.8. The van der Waals surface area contributed by atoms with Crippen molar-refractivity contribution in [3.8, 4) is 0 Å². The number of hydrogen-bond acceptors (Lipinski definition) is 3. The molecule has 1 atom stereocenters. The Morgan fingerprint density at radius 2 is 2.18 bits per heavy atom. The van der Waals surface area contributed by atoms with Crippen LogP contribution in [0, 0.1) is 5.82 Å². The van der Waals surface area contributed by atoms with Crippen molar-refractivity contribution in [3.63, 3.8) is 0 Å². The zero-order chi connectivity index (χ0) is 16.3. The van der Waals surface area contributed by atoms with Crippen LogP contribution in [0.5, 0.6) is 0 Å². The highest BCUT2D eigenvalue weighted by Gasteiger charge is 2.36. The number of halogens is 1. The van der Waals surface area contributed by atoms with Gasteiger partial charge in [-0.1, -0.05) is 24.3 Å². The number of nitrogens with zero attached hydrogens (tertiary/aromatic N) is 1. The quantitative estimate of drug-likeness (QED) is 0.687. The molecule has 2 rings (SSSR count). The third-order valence-corrected chi connectivity index (χ3v) is 3.53. The SMILES string of the molecule is C=CCN1C(=O)NC(c2ccccc2F)C(C(=O)OC)=C1C. The normalized spacial score (nSPS) is 18.0. The highest BCUT2D eigenvalue weighted by Crippen LogP contribution is 2.32. The molecule has 1 heterocycles. The van der Waals surface area contributed by atoms with E-state index in [9.17, 15) is 14.0 Å². The van der Waals surface area contributed by atoms with Crippen molar-refractivity contribution in [1.29, 1.82) is 0 Å². The maximum atomic E-state index is 14.1. The number of ether oxygens (including phenoxy) is 1. The molecule has 0 saturated carbocycles. The van der Waals surface area contributed by atoms with Crippen molar-refractivity contribution in [2.75, 3.05) is 13.7 Å². The van der Waals surface area contributed by atoms with Crippen molar-refractivity contribution in [2.45, 2.75) is 13.0 Å². The van der Waals surface area contributed by atoms with Crippen LogP contribution in [-0.2, 0) is 9.53 Å². The lowest BCUT2D eigenvalue weighted by Crippen LogP contribution is -2.48. The highest BCUT2D eigenvalue weighted by atomic mass is 19.1. The second-order valence-electron chi connectivity index (χ2n) is 4.79. The van der Waals surface area contributed by atoms with Gasteiger partial charge in [0.25, 0.3) is 0 Å². The monoisotopic (exact) mass is 304 g/mol. The summed E-state index contributed by atoms with van der Waals surface area (Å²) in [5.74, 6) is -1.11. The molecule has 1 aromatic carbocycles. The molecule has 0 saturated heterocycles. The fraction of sp³-hybridized carbons (Fsp3) is 0.250. The Hall–Kier alpha value is -2.63. The van der Waals surface area contributed by atoms with E-state index < -0.39 is 23.9 Å². The Balaban J connectivity index is 2.58. The van der Waals surface area contributed by atoms with E-state index in [-0.39, 0.29) is 17.7 Å². The van der Waals surface area contributed by atoms with Crippen LogP contribution in [0.25, 0.3) is 0 Å². The highest BCUT2D eigenvalue weighted by molar-refractivity contribution is 5.95. The lowest BCUT2D eigenvalue weighted by molar-refractivity contribution is -0.136. The Morgan fingerprint density at radius 1 is 1.50 bits per heavy atom. The summed E-state index contributed by atoms with van der Waals surface area (Å²) in [6.07, 6.45) is 1.54. The number of amides is 2. The Bertz CT molecular complexity index is 655. The molecule has 1 unspecified atom stereocenters. The van der Waals surface area contributed by atoms with Crippen molar-refractivity contribution in [3.05, 3.63) is 59.6 Å². The van der Waals surface area contributed by atoms with Gasteiger partial charge >= 0.3 is 12.0 Å². The molecule has 1 aromatic rings. The van der Waals surface area contributed by atoms with Gasteiger partial charge in [-0.3, -0.25) is 4.90 Å². The van der Waals surface area contributed by atoms with E-state index in [1.165, 1.54) is 24.1 Å². The number of allylic oxidation sites excluding steroid dienone is 1. The lowest BCUT2D eigenvalue weighted by atomic mass is 9.94. The van der Waals surface area contributed by atoms with E-state index in [0.717, 1.165) is 0 Å². The van der Waals surface area contributed by atoms with Crippen LogP contribution < -0.4 is 5.32 Å². The summed E-state index contributed by atoms with van der Waals surface area (Å²) in [7, 11) is 1.25. The average Bonchev–Trinajstić information content (AvgIpc) is 2.50. The summed E-state index contributed by atoms with van der Waals surface area (Å²) in [5.41, 5.74) is 0.839. The van der Waals surface area contributed by atoms with Gasteiger partial charge in [-0.15, -0.1) is 6.58 Å². The Kier molecular flexibility index (Phi) is 4.60. The molecule has 5 nitrogen and oxygen atoms in total. The predicted molar refractivity (Wildman–Crippen MR) is 79.3 cm³/mol. The zero-order valence-corrected chi connectivity index (χ0v) is 12.4. The molecule has 0 fully saturated rings. The lowest BCUT2D eigenvalue weighted by Gasteiger charge is -2.34. The molecule has 0 aliphatic carbocycles. The molecule has 22 heavy (non-hydrogen) atoms. The molecular weight excluding hydrogens is 287 g/mol. The minimum Gasteiger partial charge on any atom is -0.466 e. The summed E-state index contributed by atoms with van der Waals surface area (Å²) in [5, 5.41) is 2.64. The molecule has 1 aliphatic heterocycles. The first-order valence-corrected chi connectivity index (χ1v) is 6.73. The van der Waals surface area contributed by atoms with Gasteiger partial charge < -0.3 is 10.1 Å². The number of rotatable bonds is 4. The molecule has 1 aliphatic rings. The summed E-state index contributed by atoms with van der Waals surface area (Å²) >= 11 is 0. The first-order chi connectivity index (χ1) is 10.5. The number of carbonyl (C=O) groups is 2. The minimum atomic E-state index is -0.887. The molecular formula is C16H17FN2O3. The molecule has 116 valence electrons. The van der Waals surface area contributed by atoms with Gasteiger partial charge in [0.1, 0.15) is 5.82 Å². The third kappa shape index (κ3) is 2.72. The molecule has 1 N–H and O–H groups in total. The number of hydrogen-bond donors (Lipinski definition) is 1. The van der Waals surface area contributed by atoms with Gasteiger partial charge in [-0.2, -0.15) is 0 Å². The molecule has 0 aromatic heterocycles. The van der Waals surface area contributed by atoms with Crippen LogP contribution in [0.1, 0.15) is 18.5 Å². The van der Waals surface area contributed by atoms with E-state index in [0.29, 0.717) is 5.70 Å². The first-order valence-electron chi connectivity index (χ1n) is 6.73. The van der Waals surface area contributed by atoms with E-state index in [4.69, 9.17) is 4.74 Å². The van der Waals surface area contributed by atoms with Crippen LogP contribution in [0.2, 0.25) is 0 Å². The molecule has 2 amide bonds. The Morgan fingerprint density at radius 3 is 2.77 bits per heavy atom.